The number of nitrogens with one attached hydrogen (secondary N) is 1. The van der Waals surface area contributed by atoms with E-state index >= 15 is 0 Å². The molecule has 1 aromatic rings. The number of H-pyrrole nitrogens is 1. The summed E-state index contributed by atoms with van der Waals surface area (Å²) in [6.45, 7) is 4.58. The molecule has 0 aromatic carbocycles. The van der Waals surface area contributed by atoms with Crippen LogP contribution in [-0.2, 0) is 6.42 Å². The second-order valence-corrected chi connectivity index (χ2v) is 2.81. The number of aryl methyl sites for hydroxylation is 2. The van der Waals surface area contributed by atoms with Crippen molar-refractivity contribution in [2.75, 3.05) is 6.54 Å². The summed E-state index contributed by atoms with van der Waals surface area (Å²) in [5.41, 5.74) is 11.6. The molecule has 0 saturated carbocycles. The largest absolute Gasteiger partial charge is 0.362 e. The van der Waals surface area contributed by atoms with E-state index in [2.05, 4.69) is 21.1 Å². The highest BCUT2D eigenvalue weighted by atomic mass is 15.1. The standard InChI is InChI=1S/C8H12N4/c1-6-5-8(7(2)11-6)3-4-10-12-9/h5,11H,3-4H2,1-2H3. The second-order valence-electron chi connectivity index (χ2n) is 2.81. The third-order valence-corrected chi connectivity index (χ3v) is 1.80. The van der Waals surface area contributed by atoms with Gasteiger partial charge in [-0.25, -0.2) is 0 Å². The fourth-order valence-electron chi connectivity index (χ4n) is 1.26. The second kappa shape index (κ2) is 3.83. The lowest BCUT2D eigenvalue weighted by molar-refractivity contribution is 0.946. The van der Waals surface area contributed by atoms with Gasteiger partial charge in [-0.05, 0) is 37.4 Å². The summed E-state index contributed by atoms with van der Waals surface area (Å²) < 4.78 is 0. The summed E-state index contributed by atoms with van der Waals surface area (Å²) in [6, 6.07) is 2.09. The number of nitrogens with zero attached hydrogens (tertiary/aromatic N) is 3. The lowest BCUT2D eigenvalue weighted by Crippen LogP contribution is -1.88. The third kappa shape index (κ3) is 2.04. The molecule has 0 atom stereocenters. The monoisotopic (exact) mass is 164 g/mol. The number of hydrogen-bond acceptors (Lipinski definition) is 1. The van der Waals surface area contributed by atoms with Crippen molar-refractivity contribution in [2.45, 2.75) is 20.3 Å². The van der Waals surface area contributed by atoms with Gasteiger partial charge in [0.25, 0.3) is 0 Å². The lowest BCUT2D eigenvalue weighted by atomic mass is 10.2. The Morgan fingerprint density at radius 1 is 1.58 bits per heavy atom. The fraction of sp³-hybridized carbons (Fsp3) is 0.500. The molecule has 1 heterocycles. The Morgan fingerprint density at radius 2 is 2.33 bits per heavy atom. The van der Waals surface area contributed by atoms with Gasteiger partial charge in [0.2, 0.25) is 0 Å². The summed E-state index contributed by atoms with van der Waals surface area (Å²) >= 11 is 0. The van der Waals surface area contributed by atoms with Crippen LogP contribution in [0, 0.1) is 13.8 Å². The molecule has 0 saturated heterocycles. The predicted octanol–water partition coefficient (Wildman–Crippen LogP) is 2.48. The van der Waals surface area contributed by atoms with Crippen molar-refractivity contribution in [1.82, 2.24) is 4.98 Å². The molecule has 1 N–H and O–H groups in total. The average molecular weight is 164 g/mol. The Bertz CT molecular complexity index is 307. The lowest BCUT2D eigenvalue weighted by Gasteiger charge is -1.93. The van der Waals surface area contributed by atoms with Crippen LogP contribution in [0.15, 0.2) is 11.2 Å². The van der Waals surface area contributed by atoms with Crippen LogP contribution in [0.5, 0.6) is 0 Å². The minimum atomic E-state index is 0.536. The number of azide groups is 1. The van der Waals surface area contributed by atoms with Crippen LogP contribution < -0.4 is 0 Å². The van der Waals surface area contributed by atoms with Gasteiger partial charge in [-0.3, -0.25) is 0 Å². The van der Waals surface area contributed by atoms with Crippen LogP contribution in [0.4, 0.5) is 0 Å². The summed E-state index contributed by atoms with van der Waals surface area (Å²) in [5.74, 6) is 0. The van der Waals surface area contributed by atoms with Crippen molar-refractivity contribution in [3.8, 4) is 0 Å². The summed E-state index contributed by atoms with van der Waals surface area (Å²) in [7, 11) is 0. The molecule has 4 heteroatoms. The van der Waals surface area contributed by atoms with Gasteiger partial charge in [0.05, 0.1) is 0 Å². The number of aromatic nitrogens is 1. The first kappa shape index (κ1) is 8.68. The Balaban J connectivity index is 2.62. The molecule has 0 unspecified atom stereocenters. The Kier molecular flexibility index (Phi) is 2.77. The highest BCUT2D eigenvalue weighted by Gasteiger charge is 1.99. The SMILES string of the molecule is Cc1cc(CCN=[N+]=[N-])c(C)[nH]1. The van der Waals surface area contributed by atoms with Crippen molar-refractivity contribution in [1.29, 1.82) is 0 Å². The maximum Gasteiger partial charge on any atom is 0.0299 e. The summed E-state index contributed by atoms with van der Waals surface area (Å²) in [5, 5.41) is 3.48. The van der Waals surface area contributed by atoms with Gasteiger partial charge in [0, 0.05) is 22.8 Å². The molecule has 0 aliphatic heterocycles. The topological polar surface area (TPSA) is 64.6 Å². The minimum absolute atomic E-state index is 0.536. The molecule has 1 aromatic heterocycles. The highest BCUT2D eigenvalue weighted by Crippen LogP contribution is 2.09. The van der Waals surface area contributed by atoms with E-state index in [9.17, 15) is 0 Å². The summed E-state index contributed by atoms with van der Waals surface area (Å²) in [6.07, 6.45) is 0.820. The first-order chi connectivity index (χ1) is 5.74. The molecule has 0 bridgehead atoms. The van der Waals surface area contributed by atoms with E-state index in [1.807, 2.05) is 13.8 Å². The van der Waals surface area contributed by atoms with E-state index in [-0.39, 0.29) is 0 Å². The molecule has 0 amide bonds. The Hall–Kier alpha value is -1.41. The predicted molar refractivity (Wildman–Crippen MR) is 48.0 cm³/mol. The third-order valence-electron chi connectivity index (χ3n) is 1.80. The maximum atomic E-state index is 8.07. The maximum absolute atomic E-state index is 8.07. The zero-order valence-corrected chi connectivity index (χ0v) is 7.33. The molecule has 12 heavy (non-hydrogen) atoms. The van der Waals surface area contributed by atoms with E-state index in [1.165, 1.54) is 11.3 Å². The molecule has 4 nitrogen and oxygen atoms in total. The van der Waals surface area contributed by atoms with Gasteiger partial charge < -0.3 is 4.98 Å². The van der Waals surface area contributed by atoms with Crippen LogP contribution in [0.1, 0.15) is 17.0 Å². The van der Waals surface area contributed by atoms with Crippen LogP contribution in [0.25, 0.3) is 10.4 Å². The van der Waals surface area contributed by atoms with Crippen molar-refractivity contribution >= 4 is 0 Å². The fourth-order valence-corrected chi connectivity index (χ4v) is 1.26. The number of rotatable bonds is 3. The molecule has 0 aliphatic carbocycles. The molecule has 0 fully saturated rings. The van der Waals surface area contributed by atoms with Crippen LogP contribution in [-0.4, -0.2) is 11.5 Å². The first-order valence-electron chi connectivity index (χ1n) is 3.90. The Labute approximate surface area is 71.2 Å². The van der Waals surface area contributed by atoms with E-state index in [4.69, 9.17) is 5.53 Å². The van der Waals surface area contributed by atoms with Crippen molar-refractivity contribution in [2.24, 2.45) is 5.11 Å². The molecule has 0 spiro atoms. The quantitative estimate of drug-likeness (QED) is 0.405. The average Bonchev–Trinajstić information content (AvgIpc) is 2.31. The van der Waals surface area contributed by atoms with Crippen molar-refractivity contribution in [3.05, 3.63) is 33.5 Å². The van der Waals surface area contributed by atoms with E-state index < -0.39 is 0 Å². The van der Waals surface area contributed by atoms with Crippen molar-refractivity contribution < 1.29 is 0 Å². The van der Waals surface area contributed by atoms with E-state index in [0.29, 0.717) is 6.54 Å². The van der Waals surface area contributed by atoms with Gasteiger partial charge >= 0.3 is 0 Å². The van der Waals surface area contributed by atoms with Gasteiger partial charge in [0.15, 0.2) is 0 Å². The highest BCUT2D eigenvalue weighted by molar-refractivity contribution is 5.24. The number of aromatic amines is 1. The summed E-state index contributed by atoms with van der Waals surface area (Å²) in [4.78, 5) is 5.90. The minimum Gasteiger partial charge on any atom is -0.362 e. The zero-order valence-electron chi connectivity index (χ0n) is 7.33. The van der Waals surface area contributed by atoms with Gasteiger partial charge in [0.1, 0.15) is 0 Å². The Morgan fingerprint density at radius 3 is 2.83 bits per heavy atom. The van der Waals surface area contributed by atoms with Gasteiger partial charge in [-0.2, -0.15) is 0 Å². The molecule has 0 aliphatic rings. The van der Waals surface area contributed by atoms with Gasteiger partial charge in [-0.1, -0.05) is 5.11 Å². The van der Waals surface area contributed by atoms with Gasteiger partial charge in [-0.15, -0.1) is 0 Å². The number of hydrogen-bond donors (Lipinski definition) is 1. The molecule has 0 radical (unpaired) electrons. The molecular weight excluding hydrogens is 152 g/mol. The van der Waals surface area contributed by atoms with Crippen LogP contribution >= 0.6 is 0 Å². The van der Waals surface area contributed by atoms with E-state index in [0.717, 1.165) is 12.1 Å². The molecule has 64 valence electrons. The first-order valence-corrected chi connectivity index (χ1v) is 3.90. The van der Waals surface area contributed by atoms with Crippen molar-refractivity contribution in [3.63, 3.8) is 0 Å². The molecule has 1 rings (SSSR count). The van der Waals surface area contributed by atoms with Crippen LogP contribution in [0.2, 0.25) is 0 Å². The normalized spacial score (nSPS) is 9.50. The molecular formula is C8H12N4. The van der Waals surface area contributed by atoms with E-state index in [1.54, 1.807) is 0 Å². The zero-order chi connectivity index (χ0) is 8.97. The van der Waals surface area contributed by atoms with Crippen LogP contribution in [0.3, 0.4) is 0 Å². The smallest absolute Gasteiger partial charge is 0.0299 e.